The van der Waals surface area contributed by atoms with E-state index in [4.69, 9.17) is 6.42 Å². The number of aliphatic hydroxyl groups excluding tert-OH is 2. The smallest absolute Gasteiger partial charge is 0.133 e. The first-order chi connectivity index (χ1) is 11.2. The van der Waals surface area contributed by atoms with E-state index in [9.17, 15) is 15.3 Å². The molecule has 3 unspecified atom stereocenters. The summed E-state index contributed by atoms with van der Waals surface area (Å²) < 4.78 is 0. The Morgan fingerprint density at radius 2 is 1.96 bits per heavy atom. The van der Waals surface area contributed by atoms with Gasteiger partial charge in [0.1, 0.15) is 5.60 Å². The van der Waals surface area contributed by atoms with Gasteiger partial charge in [-0.15, -0.1) is 6.42 Å². The molecule has 3 saturated carbocycles. The van der Waals surface area contributed by atoms with Crippen LogP contribution in [0.2, 0.25) is 0 Å². The Kier molecular flexibility index (Phi) is 3.53. The monoisotopic (exact) mass is 330 g/mol. The normalized spacial score (nSPS) is 56.5. The number of fused-ring (bicyclic) bond motifs is 5. The molecule has 132 valence electrons. The van der Waals surface area contributed by atoms with Gasteiger partial charge < -0.3 is 15.3 Å². The van der Waals surface area contributed by atoms with Crippen LogP contribution in [0.3, 0.4) is 0 Å². The van der Waals surface area contributed by atoms with Crippen molar-refractivity contribution in [1.29, 1.82) is 0 Å². The van der Waals surface area contributed by atoms with Gasteiger partial charge in [-0.05, 0) is 61.7 Å². The second kappa shape index (κ2) is 5.10. The van der Waals surface area contributed by atoms with E-state index in [1.807, 2.05) is 0 Å². The summed E-state index contributed by atoms with van der Waals surface area (Å²) in [6, 6.07) is 0. The van der Waals surface area contributed by atoms with Crippen LogP contribution in [0.15, 0.2) is 11.6 Å². The summed E-state index contributed by atoms with van der Waals surface area (Å²) in [6.07, 6.45) is 13.2. The SMILES string of the molecule is C#C[C@]1(O)C[C@H](O)C2C3CC=C4C[C@@H](O)CC[C@]4(C)C3CC[C@@]21C. The summed E-state index contributed by atoms with van der Waals surface area (Å²) in [5, 5.41) is 31.9. The van der Waals surface area contributed by atoms with Gasteiger partial charge in [0.2, 0.25) is 0 Å². The molecule has 8 atom stereocenters. The fourth-order valence-electron chi connectivity index (χ4n) is 6.97. The molecule has 3 fully saturated rings. The molecule has 0 aromatic carbocycles. The van der Waals surface area contributed by atoms with Crippen molar-refractivity contribution in [2.24, 2.45) is 28.6 Å². The third kappa shape index (κ3) is 1.91. The highest BCUT2D eigenvalue weighted by molar-refractivity contribution is 5.30. The first-order valence-corrected chi connectivity index (χ1v) is 9.51. The van der Waals surface area contributed by atoms with Gasteiger partial charge in [-0.1, -0.05) is 31.4 Å². The Labute approximate surface area is 145 Å². The molecule has 0 aromatic heterocycles. The van der Waals surface area contributed by atoms with Crippen molar-refractivity contribution >= 4 is 0 Å². The van der Waals surface area contributed by atoms with Crippen LogP contribution >= 0.6 is 0 Å². The lowest BCUT2D eigenvalue weighted by atomic mass is 9.47. The highest BCUT2D eigenvalue weighted by Crippen LogP contribution is 2.66. The summed E-state index contributed by atoms with van der Waals surface area (Å²) in [5.74, 6) is 3.60. The molecule has 0 aromatic rings. The topological polar surface area (TPSA) is 60.7 Å². The lowest BCUT2D eigenvalue weighted by molar-refractivity contribution is -0.108. The lowest BCUT2D eigenvalue weighted by Gasteiger charge is -2.58. The summed E-state index contributed by atoms with van der Waals surface area (Å²) in [5.41, 5.74) is -0.0145. The van der Waals surface area contributed by atoms with Crippen molar-refractivity contribution in [3.63, 3.8) is 0 Å². The van der Waals surface area contributed by atoms with Crippen LogP contribution < -0.4 is 0 Å². The number of terminal acetylenes is 1. The predicted molar refractivity (Wildman–Crippen MR) is 92.9 cm³/mol. The van der Waals surface area contributed by atoms with Gasteiger partial charge in [0.05, 0.1) is 12.2 Å². The molecule has 0 bridgehead atoms. The Hall–Kier alpha value is -0.820. The first kappa shape index (κ1) is 16.6. The number of hydrogen-bond acceptors (Lipinski definition) is 3. The maximum absolute atomic E-state index is 11.0. The van der Waals surface area contributed by atoms with Crippen molar-refractivity contribution in [2.75, 3.05) is 0 Å². The van der Waals surface area contributed by atoms with E-state index < -0.39 is 17.1 Å². The van der Waals surface area contributed by atoms with Gasteiger partial charge in [0.25, 0.3) is 0 Å². The third-order valence-electron chi connectivity index (χ3n) is 8.43. The van der Waals surface area contributed by atoms with Crippen molar-refractivity contribution < 1.29 is 15.3 Å². The van der Waals surface area contributed by atoms with Crippen molar-refractivity contribution in [3.8, 4) is 12.3 Å². The van der Waals surface area contributed by atoms with E-state index in [1.54, 1.807) is 0 Å². The van der Waals surface area contributed by atoms with Crippen LogP contribution in [0.5, 0.6) is 0 Å². The number of aliphatic hydroxyl groups is 3. The van der Waals surface area contributed by atoms with Crippen LogP contribution in [0.1, 0.15) is 58.8 Å². The number of rotatable bonds is 0. The first-order valence-electron chi connectivity index (χ1n) is 9.51. The highest BCUT2D eigenvalue weighted by atomic mass is 16.3. The molecule has 4 aliphatic rings. The van der Waals surface area contributed by atoms with Crippen LogP contribution in [0.25, 0.3) is 0 Å². The second-order valence-corrected chi connectivity index (χ2v) is 9.31. The van der Waals surface area contributed by atoms with Crippen LogP contribution in [0, 0.1) is 40.9 Å². The van der Waals surface area contributed by atoms with Gasteiger partial charge in [0.15, 0.2) is 0 Å². The fourth-order valence-corrected chi connectivity index (χ4v) is 6.97. The molecule has 4 rings (SSSR count). The van der Waals surface area contributed by atoms with E-state index >= 15 is 0 Å². The molecule has 0 spiro atoms. The maximum atomic E-state index is 11.0. The average molecular weight is 330 g/mol. The largest absolute Gasteiger partial charge is 0.393 e. The van der Waals surface area contributed by atoms with Crippen molar-refractivity contribution in [1.82, 2.24) is 0 Å². The van der Waals surface area contributed by atoms with E-state index in [1.165, 1.54) is 5.57 Å². The summed E-state index contributed by atoms with van der Waals surface area (Å²) in [6.45, 7) is 4.45. The molecule has 0 amide bonds. The molecule has 4 aliphatic carbocycles. The van der Waals surface area contributed by atoms with Gasteiger partial charge >= 0.3 is 0 Å². The highest BCUT2D eigenvalue weighted by Gasteiger charge is 2.66. The van der Waals surface area contributed by atoms with Crippen LogP contribution in [0.4, 0.5) is 0 Å². The molecular formula is C21H30O3. The Balaban J connectivity index is 1.73. The summed E-state index contributed by atoms with van der Waals surface area (Å²) >= 11 is 0. The maximum Gasteiger partial charge on any atom is 0.133 e. The van der Waals surface area contributed by atoms with Crippen LogP contribution in [-0.2, 0) is 0 Å². The standard InChI is InChI=1S/C21H30O3/c1-4-21(24)12-17(23)18-15-6-5-13-11-14(22)7-9-19(13,2)16(15)8-10-20(18,21)3/h1,5,14-18,22-24H,6-12H2,2-3H3/t14-,15?,16?,17-,18?,19-,20-,21-/m0/s1. The minimum absolute atomic E-state index is 0.0683. The van der Waals surface area contributed by atoms with Gasteiger partial charge in [-0.25, -0.2) is 0 Å². The zero-order chi connectivity index (χ0) is 17.3. The minimum Gasteiger partial charge on any atom is -0.393 e. The molecule has 24 heavy (non-hydrogen) atoms. The fraction of sp³-hybridized carbons (Fsp3) is 0.810. The van der Waals surface area contributed by atoms with Crippen molar-refractivity contribution in [2.45, 2.75) is 76.6 Å². The Bertz CT molecular complexity index is 619. The third-order valence-corrected chi connectivity index (χ3v) is 8.43. The molecule has 0 radical (unpaired) electrons. The van der Waals surface area contributed by atoms with E-state index in [0.29, 0.717) is 18.3 Å². The quantitative estimate of drug-likeness (QED) is 0.473. The molecule has 0 saturated heterocycles. The van der Waals surface area contributed by atoms with Crippen molar-refractivity contribution in [3.05, 3.63) is 11.6 Å². The minimum atomic E-state index is -1.18. The second-order valence-electron chi connectivity index (χ2n) is 9.31. The zero-order valence-corrected chi connectivity index (χ0v) is 14.8. The molecule has 0 heterocycles. The molecule has 3 nitrogen and oxygen atoms in total. The summed E-state index contributed by atoms with van der Waals surface area (Å²) in [4.78, 5) is 0. The van der Waals surface area contributed by atoms with E-state index in [-0.39, 0.29) is 17.4 Å². The van der Waals surface area contributed by atoms with Gasteiger partial charge in [-0.3, -0.25) is 0 Å². The molecule has 3 N–H and O–H groups in total. The average Bonchev–Trinajstić information content (AvgIpc) is 2.75. The Morgan fingerprint density at radius 3 is 2.67 bits per heavy atom. The van der Waals surface area contributed by atoms with Gasteiger partial charge in [-0.2, -0.15) is 0 Å². The number of hydrogen-bond donors (Lipinski definition) is 3. The Morgan fingerprint density at radius 1 is 1.21 bits per heavy atom. The molecule has 0 aliphatic heterocycles. The zero-order valence-electron chi connectivity index (χ0n) is 14.8. The van der Waals surface area contributed by atoms with Crippen LogP contribution in [-0.4, -0.2) is 33.1 Å². The van der Waals surface area contributed by atoms with E-state index in [2.05, 4.69) is 25.8 Å². The molecular weight excluding hydrogens is 300 g/mol. The lowest BCUT2D eigenvalue weighted by Crippen LogP contribution is -2.55. The van der Waals surface area contributed by atoms with Gasteiger partial charge in [0, 0.05) is 11.8 Å². The summed E-state index contributed by atoms with van der Waals surface area (Å²) in [7, 11) is 0. The van der Waals surface area contributed by atoms with E-state index in [0.717, 1.165) is 38.5 Å². The predicted octanol–water partition coefficient (Wildman–Crippen LogP) is 2.65. The number of allylic oxidation sites excluding steroid dienone is 1. The molecule has 3 heteroatoms.